The number of thioether (sulfide) groups is 1. The molecule has 0 aromatic carbocycles. The fourth-order valence-electron chi connectivity index (χ4n) is 3.34. The van der Waals surface area contributed by atoms with Gasteiger partial charge in [0, 0.05) is 56.3 Å². The Kier molecular flexibility index (Phi) is 11.9. The molecule has 3 N–H and O–H groups in total. The molecule has 1 saturated carbocycles. The van der Waals surface area contributed by atoms with Gasteiger partial charge in [-0.25, -0.2) is 0 Å². The maximum Gasteiger partial charge on any atom is 0.225 e. The van der Waals surface area contributed by atoms with Gasteiger partial charge in [-0.15, -0.1) is 24.0 Å². The predicted octanol–water partition coefficient (Wildman–Crippen LogP) is 1.92. The molecular weight excluding hydrogens is 463 g/mol. The molecule has 2 fully saturated rings. The van der Waals surface area contributed by atoms with Gasteiger partial charge in [-0.2, -0.15) is 11.8 Å². The number of rotatable bonds is 6. The van der Waals surface area contributed by atoms with Crippen LogP contribution in [0.4, 0.5) is 0 Å². The van der Waals surface area contributed by atoms with Crippen molar-refractivity contribution in [1.82, 2.24) is 15.5 Å². The number of aliphatic hydroxyl groups is 1. The van der Waals surface area contributed by atoms with Crippen LogP contribution in [0, 0.1) is 11.8 Å². The van der Waals surface area contributed by atoms with E-state index in [1.54, 1.807) is 0 Å². The second-order valence-electron chi connectivity index (χ2n) is 7.14. The number of nitrogens with zero attached hydrogens (tertiary/aromatic N) is 2. The first-order valence-corrected chi connectivity index (χ1v) is 10.8. The van der Waals surface area contributed by atoms with Crippen molar-refractivity contribution in [3.8, 4) is 0 Å². The zero-order chi connectivity index (χ0) is 18.1. The Balaban J connectivity index is 0.00000338. The summed E-state index contributed by atoms with van der Waals surface area (Å²) in [6, 6.07) is 0.378. The Morgan fingerprint density at radius 1 is 1.27 bits per heavy atom. The van der Waals surface area contributed by atoms with Crippen LogP contribution in [-0.2, 0) is 4.79 Å². The number of carbonyl (C=O) groups is 1. The van der Waals surface area contributed by atoms with Crippen LogP contribution in [-0.4, -0.2) is 72.2 Å². The average molecular weight is 498 g/mol. The Bertz CT molecular complexity index is 439. The number of halogens is 1. The molecule has 1 aliphatic heterocycles. The molecule has 152 valence electrons. The summed E-state index contributed by atoms with van der Waals surface area (Å²) in [6.45, 7) is 7.48. The molecule has 1 unspecified atom stereocenters. The molecule has 0 bridgehead atoms. The van der Waals surface area contributed by atoms with E-state index in [9.17, 15) is 4.79 Å². The molecule has 0 aromatic rings. The monoisotopic (exact) mass is 498 g/mol. The van der Waals surface area contributed by atoms with E-state index < -0.39 is 0 Å². The second-order valence-corrected chi connectivity index (χ2v) is 8.36. The highest BCUT2D eigenvalue weighted by atomic mass is 127. The maximum atomic E-state index is 12.6. The van der Waals surface area contributed by atoms with Crippen LogP contribution < -0.4 is 10.6 Å². The molecule has 1 aliphatic carbocycles. The number of aliphatic imine (C=N–C) groups is 1. The number of hydrogen-bond donors (Lipinski definition) is 3. The van der Waals surface area contributed by atoms with Crippen molar-refractivity contribution < 1.29 is 9.90 Å². The first kappa shape index (κ1) is 23.8. The Hall–Kier alpha value is -0.220. The minimum Gasteiger partial charge on any atom is -0.396 e. The summed E-state index contributed by atoms with van der Waals surface area (Å²) in [5.74, 6) is 3.73. The van der Waals surface area contributed by atoms with Crippen LogP contribution >= 0.6 is 35.7 Å². The normalized spacial score (nSPS) is 25.2. The van der Waals surface area contributed by atoms with Crippen molar-refractivity contribution in [2.45, 2.75) is 45.6 Å². The third-order valence-electron chi connectivity index (χ3n) is 4.96. The Morgan fingerprint density at radius 3 is 2.50 bits per heavy atom. The van der Waals surface area contributed by atoms with E-state index in [4.69, 9.17) is 5.11 Å². The van der Waals surface area contributed by atoms with E-state index in [0.717, 1.165) is 62.8 Å². The molecular formula is C18H35IN4O2S. The molecule has 26 heavy (non-hydrogen) atoms. The third-order valence-corrected chi connectivity index (χ3v) is 5.90. The standard InChI is InChI=1S/C18H34N4O2S.HI/c1-3-19-18(20-12-14(2)13-23)21-16-6-4-15(5-7-16)17(24)22-8-10-25-11-9-22;/h14-16,23H,3-13H2,1-2H3,(H2,19,20,21);1H. The third kappa shape index (κ3) is 7.80. The van der Waals surface area contributed by atoms with E-state index in [0.29, 0.717) is 18.5 Å². The van der Waals surface area contributed by atoms with Crippen LogP contribution in [0.5, 0.6) is 0 Å². The molecule has 0 aromatic heterocycles. The van der Waals surface area contributed by atoms with Gasteiger partial charge in [0.15, 0.2) is 5.96 Å². The van der Waals surface area contributed by atoms with Crippen LogP contribution in [0.2, 0.25) is 0 Å². The first-order valence-electron chi connectivity index (χ1n) is 9.66. The van der Waals surface area contributed by atoms with E-state index in [1.165, 1.54) is 0 Å². The number of carbonyl (C=O) groups excluding carboxylic acids is 1. The summed E-state index contributed by atoms with van der Waals surface area (Å²) < 4.78 is 0. The summed E-state index contributed by atoms with van der Waals surface area (Å²) in [5.41, 5.74) is 0. The van der Waals surface area contributed by atoms with Gasteiger partial charge in [0.05, 0.1) is 0 Å². The van der Waals surface area contributed by atoms with Gasteiger partial charge in [-0.3, -0.25) is 9.79 Å². The lowest BCUT2D eigenvalue weighted by atomic mass is 9.85. The molecule has 0 radical (unpaired) electrons. The molecule has 8 heteroatoms. The van der Waals surface area contributed by atoms with Gasteiger partial charge in [0.25, 0.3) is 0 Å². The molecule has 1 atom stereocenters. The molecule has 1 amide bonds. The summed E-state index contributed by atoms with van der Waals surface area (Å²) in [5, 5.41) is 15.9. The van der Waals surface area contributed by atoms with Crippen molar-refractivity contribution in [3.05, 3.63) is 0 Å². The number of nitrogens with one attached hydrogen (secondary N) is 2. The van der Waals surface area contributed by atoms with Crippen LogP contribution in [0.25, 0.3) is 0 Å². The lowest BCUT2D eigenvalue weighted by Gasteiger charge is -2.34. The molecule has 2 rings (SSSR count). The second kappa shape index (κ2) is 13.0. The average Bonchev–Trinajstić information content (AvgIpc) is 2.66. The smallest absolute Gasteiger partial charge is 0.225 e. The number of hydrogen-bond acceptors (Lipinski definition) is 4. The molecule has 0 spiro atoms. The lowest BCUT2D eigenvalue weighted by Crippen LogP contribution is -2.47. The zero-order valence-corrected chi connectivity index (χ0v) is 19.2. The zero-order valence-electron chi connectivity index (χ0n) is 16.1. The Labute approximate surface area is 179 Å². The van der Waals surface area contributed by atoms with Crippen molar-refractivity contribution in [1.29, 1.82) is 0 Å². The molecule has 6 nitrogen and oxygen atoms in total. The highest BCUT2D eigenvalue weighted by Crippen LogP contribution is 2.27. The number of aliphatic hydroxyl groups excluding tert-OH is 1. The highest BCUT2D eigenvalue weighted by molar-refractivity contribution is 14.0. The fraction of sp³-hybridized carbons (Fsp3) is 0.889. The van der Waals surface area contributed by atoms with Gasteiger partial charge in [0.1, 0.15) is 0 Å². The summed E-state index contributed by atoms with van der Waals surface area (Å²) >= 11 is 1.94. The molecule has 1 saturated heterocycles. The quantitative estimate of drug-likeness (QED) is 0.297. The van der Waals surface area contributed by atoms with Crippen molar-refractivity contribution in [2.24, 2.45) is 16.8 Å². The van der Waals surface area contributed by atoms with Gasteiger partial charge in [0.2, 0.25) is 5.91 Å². The first-order chi connectivity index (χ1) is 12.1. The van der Waals surface area contributed by atoms with Crippen molar-refractivity contribution in [3.63, 3.8) is 0 Å². The number of amides is 1. The SMILES string of the molecule is CCNC(=NCC(C)CO)NC1CCC(C(=O)N2CCSCC2)CC1.I. The largest absolute Gasteiger partial charge is 0.396 e. The summed E-state index contributed by atoms with van der Waals surface area (Å²) in [7, 11) is 0. The highest BCUT2D eigenvalue weighted by Gasteiger charge is 2.30. The predicted molar refractivity (Wildman–Crippen MR) is 120 cm³/mol. The van der Waals surface area contributed by atoms with E-state index in [-0.39, 0.29) is 42.4 Å². The van der Waals surface area contributed by atoms with Gasteiger partial charge < -0.3 is 20.6 Å². The van der Waals surface area contributed by atoms with E-state index in [2.05, 4.69) is 27.4 Å². The molecule has 1 heterocycles. The summed E-state index contributed by atoms with van der Waals surface area (Å²) in [4.78, 5) is 19.3. The van der Waals surface area contributed by atoms with Gasteiger partial charge in [-0.1, -0.05) is 6.92 Å². The Morgan fingerprint density at radius 2 is 1.92 bits per heavy atom. The maximum absolute atomic E-state index is 12.6. The fourth-order valence-corrected chi connectivity index (χ4v) is 4.25. The van der Waals surface area contributed by atoms with Crippen molar-refractivity contribution in [2.75, 3.05) is 44.3 Å². The van der Waals surface area contributed by atoms with Gasteiger partial charge in [-0.05, 0) is 38.5 Å². The van der Waals surface area contributed by atoms with E-state index in [1.807, 2.05) is 18.7 Å². The van der Waals surface area contributed by atoms with Gasteiger partial charge >= 0.3 is 0 Å². The topological polar surface area (TPSA) is 77.0 Å². The lowest BCUT2D eigenvalue weighted by molar-refractivity contribution is -0.136. The van der Waals surface area contributed by atoms with Crippen LogP contribution in [0.15, 0.2) is 4.99 Å². The van der Waals surface area contributed by atoms with Crippen LogP contribution in [0.1, 0.15) is 39.5 Å². The number of guanidine groups is 1. The minimum atomic E-state index is 0. The summed E-state index contributed by atoms with van der Waals surface area (Å²) in [6.07, 6.45) is 3.96. The minimum absolute atomic E-state index is 0. The molecule has 2 aliphatic rings. The van der Waals surface area contributed by atoms with Crippen LogP contribution in [0.3, 0.4) is 0 Å². The van der Waals surface area contributed by atoms with E-state index >= 15 is 0 Å². The van der Waals surface area contributed by atoms with Crippen molar-refractivity contribution >= 4 is 47.6 Å².